The minimum atomic E-state index is 0.147. The maximum Gasteiger partial charge on any atom is 0.220 e. The lowest BCUT2D eigenvalue weighted by atomic mass is 9.88. The fraction of sp³-hybridized carbons (Fsp3) is 0.400. The molecule has 152 valence electrons. The first-order valence-corrected chi connectivity index (χ1v) is 10.9. The molecule has 1 aromatic heterocycles. The van der Waals surface area contributed by atoms with Gasteiger partial charge < -0.3 is 15.2 Å². The van der Waals surface area contributed by atoms with E-state index in [4.69, 9.17) is 0 Å². The third-order valence-corrected chi connectivity index (χ3v) is 6.02. The van der Waals surface area contributed by atoms with Crippen molar-refractivity contribution in [1.29, 1.82) is 0 Å². The van der Waals surface area contributed by atoms with E-state index in [1.165, 1.54) is 48.9 Å². The quantitative estimate of drug-likeness (QED) is 0.596. The normalized spacial score (nSPS) is 16.0. The van der Waals surface area contributed by atoms with Crippen molar-refractivity contribution in [2.75, 3.05) is 26.2 Å². The van der Waals surface area contributed by atoms with Gasteiger partial charge in [-0.05, 0) is 55.5 Å². The van der Waals surface area contributed by atoms with E-state index in [9.17, 15) is 4.79 Å². The summed E-state index contributed by atoms with van der Waals surface area (Å²) in [5, 5.41) is 4.38. The molecule has 2 heterocycles. The van der Waals surface area contributed by atoms with Crippen molar-refractivity contribution in [2.45, 2.75) is 38.0 Å². The topological polar surface area (TPSA) is 48.1 Å². The molecule has 1 unspecified atom stereocenters. The number of hydrogen-bond acceptors (Lipinski definition) is 2. The Morgan fingerprint density at radius 3 is 2.59 bits per heavy atom. The summed E-state index contributed by atoms with van der Waals surface area (Å²) in [6.45, 7) is 4.04. The number of aromatic amines is 1. The second kappa shape index (κ2) is 9.75. The molecule has 2 N–H and O–H groups in total. The molecule has 3 aromatic rings. The zero-order valence-electron chi connectivity index (χ0n) is 17.1. The Labute approximate surface area is 173 Å². The lowest BCUT2D eigenvalue weighted by Gasteiger charge is -2.26. The maximum absolute atomic E-state index is 12.8. The summed E-state index contributed by atoms with van der Waals surface area (Å²) in [4.78, 5) is 18.6. The Morgan fingerprint density at radius 1 is 1.00 bits per heavy atom. The average Bonchev–Trinajstić information content (AvgIpc) is 3.19. The molecule has 0 bridgehead atoms. The smallest absolute Gasteiger partial charge is 0.220 e. The molecule has 0 aliphatic carbocycles. The van der Waals surface area contributed by atoms with Crippen LogP contribution in [0.5, 0.6) is 0 Å². The number of rotatable bonds is 8. The van der Waals surface area contributed by atoms with Crippen molar-refractivity contribution in [1.82, 2.24) is 15.2 Å². The Morgan fingerprint density at radius 2 is 1.76 bits per heavy atom. The molecule has 1 saturated heterocycles. The van der Waals surface area contributed by atoms with Gasteiger partial charge in [-0.1, -0.05) is 55.0 Å². The SMILES string of the molecule is O=C(CC(Cc1ccccc1)c1c[nH]c2ccccc12)NCCN1CCCCC1. The number of aromatic nitrogens is 1. The monoisotopic (exact) mass is 389 g/mol. The lowest BCUT2D eigenvalue weighted by molar-refractivity contribution is -0.121. The fourth-order valence-electron chi connectivity index (χ4n) is 4.45. The van der Waals surface area contributed by atoms with Crippen molar-refractivity contribution in [2.24, 2.45) is 0 Å². The van der Waals surface area contributed by atoms with Crippen LogP contribution in [0, 0.1) is 0 Å². The number of H-pyrrole nitrogens is 1. The number of nitrogens with one attached hydrogen (secondary N) is 2. The van der Waals surface area contributed by atoms with Crippen molar-refractivity contribution in [3.8, 4) is 0 Å². The Kier molecular flexibility index (Phi) is 6.63. The van der Waals surface area contributed by atoms with Crippen LogP contribution in [0.3, 0.4) is 0 Å². The van der Waals surface area contributed by atoms with E-state index < -0.39 is 0 Å². The Bertz CT molecular complexity index is 912. The van der Waals surface area contributed by atoms with E-state index >= 15 is 0 Å². The van der Waals surface area contributed by atoms with Gasteiger partial charge in [0, 0.05) is 36.6 Å². The average molecular weight is 390 g/mol. The molecule has 1 aliphatic heterocycles. The maximum atomic E-state index is 12.8. The molecule has 0 spiro atoms. The van der Waals surface area contributed by atoms with Gasteiger partial charge >= 0.3 is 0 Å². The van der Waals surface area contributed by atoms with Crippen molar-refractivity contribution in [3.05, 3.63) is 71.9 Å². The highest BCUT2D eigenvalue weighted by atomic mass is 16.1. The first kappa shape index (κ1) is 19.7. The van der Waals surface area contributed by atoms with Gasteiger partial charge in [0.05, 0.1) is 0 Å². The van der Waals surface area contributed by atoms with E-state index in [1.54, 1.807) is 0 Å². The number of fused-ring (bicyclic) bond motifs is 1. The molecule has 1 amide bonds. The van der Waals surface area contributed by atoms with Crippen LogP contribution in [0.25, 0.3) is 10.9 Å². The molecule has 1 atom stereocenters. The molecule has 2 aromatic carbocycles. The van der Waals surface area contributed by atoms with Gasteiger partial charge in [-0.15, -0.1) is 0 Å². The van der Waals surface area contributed by atoms with Crippen molar-refractivity contribution in [3.63, 3.8) is 0 Å². The molecule has 4 nitrogen and oxygen atoms in total. The molecule has 1 fully saturated rings. The van der Waals surface area contributed by atoms with E-state index in [-0.39, 0.29) is 11.8 Å². The van der Waals surface area contributed by atoms with Crippen LogP contribution in [-0.4, -0.2) is 42.0 Å². The predicted octanol–water partition coefficient (Wildman–Crippen LogP) is 4.49. The van der Waals surface area contributed by atoms with E-state index in [2.05, 4.69) is 63.9 Å². The number of piperidine rings is 1. The Hall–Kier alpha value is -2.59. The third kappa shape index (κ3) is 5.27. The van der Waals surface area contributed by atoms with Gasteiger partial charge in [-0.25, -0.2) is 0 Å². The van der Waals surface area contributed by atoms with Crippen molar-refractivity contribution >= 4 is 16.8 Å². The molecule has 1 aliphatic rings. The van der Waals surface area contributed by atoms with Crippen LogP contribution < -0.4 is 5.32 Å². The fourth-order valence-corrected chi connectivity index (χ4v) is 4.45. The zero-order chi connectivity index (χ0) is 19.9. The number of likely N-dealkylation sites (tertiary alicyclic amines) is 1. The van der Waals surface area contributed by atoms with Crippen molar-refractivity contribution < 1.29 is 4.79 Å². The number of amides is 1. The first-order chi connectivity index (χ1) is 14.3. The molecular formula is C25H31N3O. The van der Waals surface area contributed by atoms with Crippen LogP contribution in [0.2, 0.25) is 0 Å². The second-order valence-corrected chi connectivity index (χ2v) is 8.13. The van der Waals surface area contributed by atoms with E-state index in [1.807, 2.05) is 12.1 Å². The number of para-hydroxylation sites is 1. The molecule has 4 rings (SSSR count). The van der Waals surface area contributed by atoms with Gasteiger partial charge in [0.25, 0.3) is 0 Å². The Balaban J connectivity index is 1.43. The van der Waals surface area contributed by atoms with Crippen LogP contribution in [-0.2, 0) is 11.2 Å². The summed E-state index contributed by atoms with van der Waals surface area (Å²) < 4.78 is 0. The summed E-state index contributed by atoms with van der Waals surface area (Å²) >= 11 is 0. The summed E-state index contributed by atoms with van der Waals surface area (Å²) in [5.41, 5.74) is 3.63. The minimum Gasteiger partial charge on any atom is -0.361 e. The van der Waals surface area contributed by atoms with Gasteiger partial charge in [0.2, 0.25) is 5.91 Å². The first-order valence-electron chi connectivity index (χ1n) is 10.9. The van der Waals surface area contributed by atoms with Gasteiger partial charge in [-0.3, -0.25) is 4.79 Å². The molecular weight excluding hydrogens is 358 g/mol. The van der Waals surface area contributed by atoms with E-state index in [0.29, 0.717) is 6.42 Å². The standard InChI is InChI=1S/C25H31N3O/c29-25(26-13-16-28-14-7-2-8-15-28)18-21(17-20-9-3-1-4-10-20)23-19-27-24-12-6-5-11-22(23)24/h1,3-6,9-12,19,21,27H,2,7-8,13-18H2,(H,26,29). The number of carbonyl (C=O) groups is 1. The highest BCUT2D eigenvalue weighted by Gasteiger charge is 2.20. The molecule has 4 heteroatoms. The number of carbonyl (C=O) groups excluding carboxylic acids is 1. The highest BCUT2D eigenvalue weighted by molar-refractivity contribution is 5.85. The largest absolute Gasteiger partial charge is 0.361 e. The summed E-state index contributed by atoms with van der Waals surface area (Å²) in [5.74, 6) is 0.303. The van der Waals surface area contributed by atoms with Crippen LogP contribution >= 0.6 is 0 Å². The highest BCUT2D eigenvalue weighted by Crippen LogP contribution is 2.30. The third-order valence-electron chi connectivity index (χ3n) is 6.02. The summed E-state index contributed by atoms with van der Waals surface area (Å²) in [6, 6.07) is 18.8. The van der Waals surface area contributed by atoms with Crippen LogP contribution in [0.4, 0.5) is 0 Å². The molecule has 29 heavy (non-hydrogen) atoms. The van der Waals surface area contributed by atoms with Gasteiger partial charge in [0.1, 0.15) is 0 Å². The number of nitrogens with zero attached hydrogens (tertiary/aromatic N) is 1. The molecule has 0 saturated carbocycles. The minimum absolute atomic E-state index is 0.147. The predicted molar refractivity (Wildman–Crippen MR) is 119 cm³/mol. The summed E-state index contributed by atoms with van der Waals surface area (Å²) in [6.07, 6.45) is 7.37. The van der Waals surface area contributed by atoms with Crippen LogP contribution in [0.1, 0.15) is 42.7 Å². The molecule has 0 radical (unpaired) electrons. The number of benzene rings is 2. The zero-order valence-corrected chi connectivity index (χ0v) is 17.1. The number of hydrogen-bond donors (Lipinski definition) is 2. The van der Waals surface area contributed by atoms with Gasteiger partial charge in [0.15, 0.2) is 0 Å². The lowest BCUT2D eigenvalue weighted by Crippen LogP contribution is -2.38. The second-order valence-electron chi connectivity index (χ2n) is 8.13. The van der Waals surface area contributed by atoms with Gasteiger partial charge in [-0.2, -0.15) is 0 Å². The summed E-state index contributed by atoms with van der Waals surface area (Å²) in [7, 11) is 0. The van der Waals surface area contributed by atoms with Crippen LogP contribution in [0.15, 0.2) is 60.8 Å². The van der Waals surface area contributed by atoms with E-state index in [0.717, 1.165) is 25.0 Å².